The zero-order valence-electron chi connectivity index (χ0n) is 10.7. The van der Waals surface area contributed by atoms with E-state index in [0.29, 0.717) is 18.7 Å². The molecule has 2 aliphatic rings. The molecule has 0 aliphatic carbocycles. The summed E-state index contributed by atoms with van der Waals surface area (Å²) in [6.45, 7) is 0. The van der Waals surface area contributed by atoms with Gasteiger partial charge < -0.3 is 19.7 Å². The predicted molar refractivity (Wildman–Crippen MR) is 64.9 cm³/mol. The number of hydrogen-bond acceptors (Lipinski definition) is 5. The third-order valence-corrected chi connectivity index (χ3v) is 3.56. The van der Waals surface area contributed by atoms with Crippen molar-refractivity contribution in [2.75, 3.05) is 5.73 Å². The molecule has 0 radical (unpaired) electrons. The highest BCUT2D eigenvalue weighted by Gasteiger charge is 2.52. The molecule has 0 aromatic carbocycles. The first kappa shape index (κ1) is 14.3. The van der Waals surface area contributed by atoms with Gasteiger partial charge in [0.2, 0.25) is 0 Å². The summed E-state index contributed by atoms with van der Waals surface area (Å²) in [6, 6.07) is 5.57. The number of aromatic amines is 1. The minimum atomic E-state index is -1.31. The summed E-state index contributed by atoms with van der Waals surface area (Å²) in [4.78, 5) is 24.2. The first-order chi connectivity index (χ1) is 9.50. The van der Waals surface area contributed by atoms with Gasteiger partial charge in [-0.2, -0.15) is 0 Å². The van der Waals surface area contributed by atoms with Crippen molar-refractivity contribution < 1.29 is 29.5 Å². The number of carboxylic acid groups (broad SMARTS) is 2. The van der Waals surface area contributed by atoms with E-state index in [2.05, 4.69) is 4.98 Å². The Kier molecular flexibility index (Phi) is 4.19. The van der Waals surface area contributed by atoms with E-state index in [4.69, 9.17) is 15.6 Å². The molecule has 20 heavy (non-hydrogen) atoms. The van der Waals surface area contributed by atoms with Gasteiger partial charge in [0.1, 0.15) is 0 Å². The Morgan fingerprint density at radius 1 is 1.30 bits per heavy atom. The van der Waals surface area contributed by atoms with Crippen LogP contribution in [0.3, 0.4) is 0 Å². The van der Waals surface area contributed by atoms with Crippen molar-refractivity contribution in [2.45, 2.75) is 25.0 Å². The van der Waals surface area contributed by atoms with Gasteiger partial charge in [-0.3, -0.25) is 10.5 Å². The lowest BCUT2D eigenvalue weighted by atomic mass is 9.79. The number of nitrogens with two attached hydrogens (primary N) is 1. The van der Waals surface area contributed by atoms with Gasteiger partial charge in [0.15, 0.2) is 0 Å². The van der Waals surface area contributed by atoms with Crippen molar-refractivity contribution in [2.24, 2.45) is 11.8 Å². The van der Waals surface area contributed by atoms with Gasteiger partial charge >= 0.3 is 5.97 Å². The first-order valence-corrected chi connectivity index (χ1v) is 6.32. The lowest BCUT2D eigenvalue weighted by Gasteiger charge is -2.25. The van der Waals surface area contributed by atoms with Crippen LogP contribution in [0.4, 0.5) is 5.82 Å². The van der Waals surface area contributed by atoms with Crippen molar-refractivity contribution >= 4 is 17.8 Å². The van der Waals surface area contributed by atoms with Crippen molar-refractivity contribution in [3.8, 4) is 0 Å². The molecule has 2 saturated heterocycles. The molecule has 0 amide bonds. The summed E-state index contributed by atoms with van der Waals surface area (Å²) < 4.78 is 5.22. The minimum absolute atomic E-state index is 0.426. The second kappa shape index (κ2) is 5.87. The first-order valence-electron chi connectivity index (χ1n) is 6.32. The number of pyridine rings is 1. The van der Waals surface area contributed by atoms with E-state index in [1.165, 1.54) is 0 Å². The quantitative estimate of drug-likeness (QED) is 0.693. The zero-order chi connectivity index (χ0) is 14.7. The van der Waals surface area contributed by atoms with Crippen LogP contribution < -0.4 is 15.8 Å². The molecule has 4 atom stereocenters. The van der Waals surface area contributed by atoms with Crippen LogP contribution in [0.15, 0.2) is 24.4 Å². The summed E-state index contributed by atoms with van der Waals surface area (Å²) >= 11 is 0. The number of fused-ring (bicyclic) bond motifs is 2. The molecular weight excluding hydrogens is 264 g/mol. The molecule has 3 heterocycles. The average Bonchev–Trinajstić information content (AvgIpc) is 3.00. The maximum Gasteiger partial charge on any atom is 0.309 e. The molecule has 2 fully saturated rings. The van der Waals surface area contributed by atoms with E-state index in [1.54, 1.807) is 12.3 Å². The lowest BCUT2D eigenvalue weighted by Crippen LogP contribution is -2.44. The minimum Gasteiger partial charge on any atom is -0.550 e. The van der Waals surface area contributed by atoms with Gasteiger partial charge in [-0.15, -0.1) is 0 Å². The molecule has 2 aliphatic heterocycles. The maximum atomic E-state index is 10.7. The normalized spacial score (nSPS) is 30.4. The maximum absolute atomic E-state index is 10.7. The average molecular weight is 280 g/mol. The Labute approximate surface area is 115 Å². The summed E-state index contributed by atoms with van der Waals surface area (Å²) in [7, 11) is 0. The summed E-state index contributed by atoms with van der Waals surface area (Å²) in [6.07, 6.45) is 2.19. The SMILES string of the molecule is Nc1cccc[nH+]1.O=C(O)[C@@H]1[C@H](C(=O)[O-])[C@H]2CC[C@@H]1O2. The van der Waals surface area contributed by atoms with E-state index in [-0.39, 0.29) is 0 Å². The fraction of sp³-hybridized carbons (Fsp3) is 0.462. The molecule has 7 nitrogen and oxygen atoms in total. The molecule has 7 heteroatoms. The largest absolute Gasteiger partial charge is 0.550 e. The van der Waals surface area contributed by atoms with Crippen LogP contribution in [0, 0.1) is 11.8 Å². The van der Waals surface area contributed by atoms with E-state index in [1.807, 2.05) is 12.1 Å². The number of carbonyl (C=O) groups is 2. The number of carboxylic acids is 2. The molecule has 3 rings (SSSR count). The monoisotopic (exact) mass is 280 g/mol. The number of rotatable bonds is 2. The van der Waals surface area contributed by atoms with Gasteiger partial charge in [0.05, 0.1) is 24.3 Å². The molecule has 4 N–H and O–H groups in total. The number of nitrogen functional groups attached to an aromatic ring is 1. The Morgan fingerprint density at radius 2 is 1.95 bits per heavy atom. The predicted octanol–water partition coefficient (Wildman–Crippen LogP) is -1.30. The Morgan fingerprint density at radius 3 is 2.30 bits per heavy atom. The lowest BCUT2D eigenvalue weighted by molar-refractivity contribution is -0.360. The summed E-state index contributed by atoms with van der Waals surface area (Å²) in [5.74, 6) is -3.58. The number of H-pyrrole nitrogens is 1. The van der Waals surface area contributed by atoms with E-state index >= 15 is 0 Å². The van der Waals surface area contributed by atoms with Crippen LogP contribution >= 0.6 is 0 Å². The smallest absolute Gasteiger partial charge is 0.309 e. The van der Waals surface area contributed by atoms with Gasteiger partial charge in [-0.1, -0.05) is 6.07 Å². The highest BCUT2D eigenvalue weighted by Crippen LogP contribution is 2.43. The number of nitrogens with one attached hydrogen (secondary N) is 1. The fourth-order valence-corrected chi connectivity index (χ4v) is 2.70. The number of aromatic nitrogens is 1. The Balaban J connectivity index is 0.000000178. The van der Waals surface area contributed by atoms with E-state index in [0.717, 1.165) is 0 Å². The Bertz CT molecular complexity index is 467. The standard InChI is InChI=1S/C8H10O5.C5H6N2/c9-7(10)5-3-1-2-4(13-3)6(5)8(11)12;6-5-3-1-2-4-7-5/h3-6H,1-2H2,(H,9,10)(H,11,12);1-4H,(H2,6,7)/t3-,4+,5-,6+;. The molecule has 2 bridgehead atoms. The van der Waals surface area contributed by atoms with Crippen molar-refractivity contribution in [1.29, 1.82) is 0 Å². The molecule has 0 saturated carbocycles. The number of aliphatic carboxylic acids is 2. The zero-order valence-corrected chi connectivity index (χ0v) is 10.7. The molecule has 1 aromatic rings. The highest BCUT2D eigenvalue weighted by atomic mass is 16.5. The summed E-state index contributed by atoms with van der Waals surface area (Å²) in [5, 5.41) is 19.4. The van der Waals surface area contributed by atoms with Crippen LogP contribution in [-0.2, 0) is 14.3 Å². The van der Waals surface area contributed by atoms with Crippen molar-refractivity contribution in [3.05, 3.63) is 24.4 Å². The molecule has 0 unspecified atom stereocenters. The highest BCUT2D eigenvalue weighted by molar-refractivity contribution is 5.81. The topological polar surface area (TPSA) is 127 Å². The second-order valence-electron chi connectivity index (χ2n) is 4.82. The van der Waals surface area contributed by atoms with Gasteiger partial charge in [0.25, 0.3) is 5.82 Å². The Hall–Kier alpha value is -2.15. The van der Waals surface area contributed by atoms with Crippen molar-refractivity contribution in [1.82, 2.24) is 0 Å². The van der Waals surface area contributed by atoms with Gasteiger partial charge in [0, 0.05) is 18.0 Å². The second-order valence-corrected chi connectivity index (χ2v) is 4.82. The van der Waals surface area contributed by atoms with Gasteiger partial charge in [-0.25, -0.2) is 4.98 Å². The van der Waals surface area contributed by atoms with Crippen LogP contribution in [0.5, 0.6) is 0 Å². The molecule has 1 aromatic heterocycles. The number of carbonyl (C=O) groups excluding carboxylic acids is 1. The number of ether oxygens (including phenoxy) is 1. The van der Waals surface area contributed by atoms with Crippen molar-refractivity contribution in [3.63, 3.8) is 0 Å². The number of anilines is 1. The third-order valence-electron chi connectivity index (χ3n) is 3.56. The fourth-order valence-electron chi connectivity index (χ4n) is 2.70. The van der Waals surface area contributed by atoms with E-state index < -0.39 is 36.0 Å². The van der Waals surface area contributed by atoms with E-state index in [9.17, 15) is 14.7 Å². The van der Waals surface area contributed by atoms with Crippen LogP contribution in [-0.4, -0.2) is 29.3 Å². The third kappa shape index (κ3) is 2.88. The number of hydrogen-bond donors (Lipinski definition) is 2. The summed E-state index contributed by atoms with van der Waals surface area (Å²) in [5.41, 5.74) is 5.30. The molecule has 108 valence electrons. The van der Waals surface area contributed by atoms with Crippen LogP contribution in [0.1, 0.15) is 12.8 Å². The van der Waals surface area contributed by atoms with Crippen LogP contribution in [0.2, 0.25) is 0 Å². The van der Waals surface area contributed by atoms with Crippen LogP contribution in [0.25, 0.3) is 0 Å². The molecular formula is C13H16N2O5. The molecule has 0 spiro atoms. The van der Waals surface area contributed by atoms with Gasteiger partial charge in [-0.05, 0) is 18.9 Å².